The molecule has 2 aromatic rings. The predicted octanol–water partition coefficient (Wildman–Crippen LogP) is 2.82. The van der Waals surface area contributed by atoms with Gasteiger partial charge in [-0.2, -0.15) is 4.31 Å². The fourth-order valence-corrected chi connectivity index (χ4v) is 4.81. The van der Waals surface area contributed by atoms with E-state index >= 15 is 0 Å². The molecule has 29 heavy (non-hydrogen) atoms. The van der Waals surface area contributed by atoms with E-state index in [4.69, 9.17) is 0 Å². The number of nitro benzene ring substituents is 1. The SMILES string of the molecule is O=[N+]([O-])c1ccc(N2CCN(S(=O)(=O)c3ccc(F)cc3)CC2)cc1NC1CC1. The van der Waals surface area contributed by atoms with Crippen LogP contribution in [0.25, 0.3) is 0 Å². The topological polar surface area (TPSA) is 95.8 Å². The van der Waals surface area contributed by atoms with E-state index in [0.717, 1.165) is 30.7 Å². The van der Waals surface area contributed by atoms with Crippen molar-refractivity contribution in [1.29, 1.82) is 0 Å². The summed E-state index contributed by atoms with van der Waals surface area (Å²) < 4.78 is 40.0. The number of hydrogen-bond acceptors (Lipinski definition) is 6. The van der Waals surface area contributed by atoms with Gasteiger partial charge in [0.25, 0.3) is 5.69 Å². The molecule has 0 amide bonds. The first kappa shape index (κ1) is 19.6. The minimum atomic E-state index is -3.68. The summed E-state index contributed by atoms with van der Waals surface area (Å²) in [5.41, 5.74) is 1.35. The molecule has 1 heterocycles. The van der Waals surface area contributed by atoms with Crippen LogP contribution in [0.4, 0.5) is 21.5 Å². The third-order valence-electron chi connectivity index (χ3n) is 5.17. The average molecular weight is 420 g/mol. The zero-order valence-electron chi connectivity index (χ0n) is 15.6. The zero-order chi connectivity index (χ0) is 20.6. The molecular formula is C19H21FN4O4S. The fraction of sp³-hybridized carbons (Fsp3) is 0.368. The summed E-state index contributed by atoms with van der Waals surface area (Å²) in [5, 5.41) is 14.5. The summed E-state index contributed by atoms with van der Waals surface area (Å²) in [6.45, 7) is 1.48. The van der Waals surface area contributed by atoms with Gasteiger partial charge in [-0.25, -0.2) is 12.8 Å². The summed E-state index contributed by atoms with van der Waals surface area (Å²) in [7, 11) is -3.68. The van der Waals surface area contributed by atoms with Crippen LogP contribution in [0.5, 0.6) is 0 Å². The van der Waals surface area contributed by atoms with Crippen molar-refractivity contribution in [3.63, 3.8) is 0 Å². The Morgan fingerprint density at radius 1 is 1.03 bits per heavy atom. The van der Waals surface area contributed by atoms with Crippen LogP contribution in [0.1, 0.15) is 12.8 Å². The highest BCUT2D eigenvalue weighted by molar-refractivity contribution is 7.89. The molecule has 1 N–H and O–H groups in total. The second-order valence-corrected chi connectivity index (χ2v) is 9.16. The normalized spacial score (nSPS) is 17.9. The molecule has 8 nitrogen and oxygen atoms in total. The molecule has 154 valence electrons. The van der Waals surface area contributed by atoms with Gasteiger partial charge < -0.3 is 10.2 Å². The Morgan fingerprint density at radius 3 is 2.28 bits per heavy atom. The maximum absolute atomic E-state index is 13.1. The summed E-state index contributed by atoms with van der Waals surface area (Å²) in [4.78, 5) is 13.0. The highest BCUT2D eigenvalue weighted by Crippen LogP contribution is 2.34. The number of halogens is 1. The largest absolute Gasteiger partial charge is 0.377 e. The summed E-state index contributed by atoms with van der Waals surface area (Å²) in [5.74, 6) is -0.484. The van der Waals surface area contributed by atoms with Crippen molar-refractivity contribution in [2.45, 2.75) is 23.8 Å². The summed E-state index contributed by atoms with van der Waals surface area (Å²) in [6.07, 6.45) is 2.00. The number of nitrogens with one attached hydrogen (secondary N) is 1. The van der Waals surface area contributed by atoms with Crippen molar-refractivity contribution in [3.8, 4) is 0 Å². The molecule has 1 saturated carbocycles. The van der Waals surface area contributed by atoms with Gasteiger partial charge >= 0.3 is 0 Å². The Labute approximate surface area is 168 Å². The van der Waals surface area contributed by atoms with Gasteiger partial charge in [0.05, 0.1) is 9.82 Å². The van der Waals surface area contributed by atoms with Crippen LogP contribution >= 0.6 is 0 Å². The van der Waals surface area contributed by atoms with Crippen LogP contribution in [0.15, 0.2) is 47.4 Å². The Balaban J connectivity index is 1.48. The first-order valence-corrected chi connectivity index (χ1v) is 10.8. The number of sulfonamides is 1. The van der Waals surface area contributed by atoms with Crippen molar-refractivity contribution in [2.75, 3.05) is 36.4 Å². The molecule has 4 rings (SSSR count). The first-order valence-electron chi connectivity index (χ1n) is 9.40. The molecular weight excluding hydrogens is 399 g/mol. The first-order chi connectivity index (χ1) is 13.8. The number of benzene rings is 2. The van der Waals surface area contributed by atoms with Crippen molar-refractivity contribution in [2.24, 2.45) is 0 Å². The van der Waals surface area contributed by atoms with Crippen LogP contribution in [0.3, 0.4) is 0 Å². The van der Waals surface area contributed by atoms with Crippen LogP contribution in [-0.2, 0) is 10.0 Å². The minimum Gasteiger partial charge on any atom is -0.377 e. The van der Waals surface area contributed by atoms with Gasteiger partial charge in [0, 0.05) is 44.0 Å². The smallest absolute Gasteiger partial charge is 0.292 e. The van der Waals surface area contributed by atoms with Gasteiger partial charge in [-0.15, -0.1) is 0 Å². The highest BCUT2D eigenvalue weighted by Gasteiger charge is 2.30. The third kappa shape index (κ3) is 4.18. The second kappa shape index (κ2) is 7.60. The maximum Gasteiger partial charge on any atom is 0.292 e. The van der Waals surface area contributed by atoms with Crippen molar-refractivity contribution in [3.05, 3.63) is 58.4 Å². The Bertz CT molecular complexity index is 1020. The fourth-order valence-electron chi connectivity index (χ4n) is 3.39. The molecule has 10 heteroatoms. The molecule has 0 atom stereocenters. The average Bonchev–Trinajstić information content (AvgIpc) is 3.52. The lowest BCUT2D eigenvalue weighted by atomic mass is 10.2. The molecule has 0 unspecified atom stereocenters. The minimum absolute atomic E-state index is 0.0400. The summed E-state index contributed by atoms with van der Waals surface area (Å²) in [6, 6.07) is 10.0. The molecule has 0 radical (unpaired) electrons. The van der Waals surface area contributed by atoms with Gasteiger partial charge in [-0.1, -0.05) is 0 Å². The van der Waals surface area contributed by atoms with Gasteiger partial charge in [0.2, 0.25) is 10.0 Å². The van der Waals surface area contributed by atoms with Crippen LogP contribution in [0, 0.1) is 15.9 Å². The lowest BCUT2D eigenvalue weighted by molar-refractivity contribution is -0.384. The lowest BCUT2D eigenvalue weighted by Gasteiger charge is -2.35. The second-order valence-electron chi connectivity index (χ2n) is 7.22. The van der Waals surface area contributed by atoms with Crippen LogP contribution < -0.4 is 10.2 Å². The monoisotopic (exact) mass is 420 g/mol. The molecule has 0 aromatic heterocycles. The van der Waals surface area contributed by atoms with E-state index in [1.54, 1.807) is 12.1 Å². The molecule has 2 aromatic carbocycles. The quantitative estimate of drug-likeness (QED) is 0.570. The number of hydrogen-bond donors (Lipinski definition) is 1. The number of nitrogens with zero attached hydrogens (tertiary/aromatic N) is 3. The van der Waals surface area contributed by atoms with E-state index < -0.39 is 20.8 Å². The maximum atomic E-state index is 13.1. The van der Waals surface area contributed by atoms with Crippen LogP contribution in [0.2, 0.25) is 0 Å². The predicted molar refractivity (Wildman–Crippen MR) is 107 cm³/mol. The van der Waals surface area contributed by atoms with Gasteiger partial charge in [-0.3, -0.25) is 10.1 Å². The number of rotatable bonds is 6. The molecule has 0 spiro atoms. The van der Waals surface area contributed by atoms with Gasteiger partial charge in [0.15, 0.2) is 0 Å². The molecule has 2 aliphatic rings. The Morgan fingerprint density at radius 2 is 1.69 bits per heavy atom. The number of nitro groups is 1. The zero-order valence-corrected chi connectivity index (χ0v) is 16.4. The molecule has 1 aliphatic heterocycles. The van der Waals surface area contributed by atoms with Crippen molar-refractivity contribution >= 4 is 27.1 Å². The Kier molecular flexibility index (Phi) is 5.13. The van der Waals surface area contributed by atoms with E-state index in [9.17, 15) is 22.9 Å². The van der Waals surface area contributed by atoms with Crippen molar-refractivity contribution in [1.82, 2.24) is 4.31 Å². The number of piperazine rings is 1. The van der Waals surface area contributed by atoms with Crippen molar-refractivity contribution < 1.29 is 17.7 Å². The van der Waals surface area contributed by atoms with E-state index in [2.05, 4.69) is 5.32 Å². The van der Waals surface area contributed by atoms with E-state index in [-0.39, 0.29) is 29.7 Å². The highest BCUT2D eigenvalue weighted by atomic mass is 32.2. The molecule has 2 fully saturated rings. The standard InChI is InChI=1S/C19H21FN4O4S/c20-14-1-6-17(7-2-14)29(27,28)23-11-9-22(10-12-23)16-5-8-19(24(25)26)18(13-16)21-15-3-4-15/h1-2,5-8,13,15,21H,3-4,9-12H2. The number of anilines is 2. The van der Waals surface area contributed by atoms with Gasteiger partial charge in [-0.05, 0) is 49.2 Å². The molecule has 1 saturated heterocycles. The molecule has 0 bridgehead atoms. The third-order valence-corrected chi connectivity index (χ3v) is 7.08. The van der Waals surface area contributed by atoms with E-state index in [1.807, 2.05) is 4.90 Å². The summed E-state index contributed by atoms with van der Waals surface area (Å²) >= 11 is 0. The lowest BCUT2D eigenvalue weighted by Crippen LogP contribution is -2.48. The van der Waals surface area contributed by atoms with Gasteiger partial charge in [0.1, 0.15) is 11.5 Å². The van der Waals surface area contributed by atoms with Crippen LogP contribution in [-0.4, -0.2) is 49.9 Å². The Hall–Kier alpha value is -2.72. The van der Waals surface area contributed by atoms with E-state index in [0.29, 0.717) is 18.8 Å². The molecule has 1 aliphatic carbocycles. The van der Waals surface area contributed by atoms with E-state index in [1.165, 1.54) is 22.5 Å².